The number of carbonyl (C=O) groups is 1. The number of fused-ring (bicyclic) bond motifs is 1. The molecule has 0 spiro atoms. The van der Waals surface area contributed by atoms with Crippen LogP contribution in [0.4, 0.5) is 0 Å². The van der Waals surface area contributed by atoms with Crippen LogP contribution < -0.4 is 11.0 Å². The maximum Gasteiger partial charge on any atom is 0.329 e. The van der Waals surface area contributed by atoms with Gasteiger partial charge in [-0.3, -0.25) is 18.8 Å². The van der Waals surface area contributed by atoms with Crippen LogP contribution in [0.15, 0.2) is 51.9 Å². The molecule has 3 heterocycles. The molecule has 1 atom stereocenters. The van der Waals surface area contributed by atoms with Crippen molar-refractivity contribution in [3.63, 3.8) is 0 Å². The van der Waals surface area contributed by atoms with Crippen LogP contribution in [0.25, 0.3) is 11.0 Å². The van der Waals surface area contributed by atoms with Crippen LogP contribution in [0, 0.1) is 0 Å². The molecular weight excluding hydrogens is 368 g/mol. The van der Waals surface area contributed by atoms with Crippen LogP contribution in [-0.4, -0.2) is 39.6 Å². The molecule has 2 aromatic heterocycles. The van der Waals surface area contributed by atoms with Crippen molar-refractivity contribution < 1.29 is 9.21 Å². The van der Waals surface area contributed by atoms with Crippen LogP contribution in [0.5, 0.6) is 0 Å². The number of piperidine rings is 1. The Bertz CT molecular complexity index is 1010. The smallest absolute Gasteiger partial charge is 0.329 e. The Hall–Kier alpha value is -2.80. The highest BCUT2D eigenvalue weighted by atomic mass is 16.3. The summed E-state index contributed by atoms with van der Waals surface area (Å²) in [4.78, 5) is 27.9. The van der Waals surface area contributed by atoms with Gasteiger partial charge in [0, 0.05) is 13.1 Å². The highest BCUT2D eigenvalue weighted by Gasteiger charge is 2.25. The summed E-state index contributed by atoms with van der Waals surface area (Å²) < 4.78 is 8.89. The molecule has 1 N–H and O–H groups in total. The second kappa shape index (κ2) is 8.69. The van der Waals surface area contributed by atoms with E-state index < -0.39 is 0 Å². The molecular formula is C22H28N4O3. The molecule has 4 rings (SSSR count). The third-order valence-electron chi connectivity index (χ3n) is 5.74. The van der Waals surface area contributed by atoms with Gasteiger partial charge in [-0.05, 0) is 57.1 Å². The Morgan fingerprint density at radius 3 is 2.45 bits per heavy atom. The number of hydrogen-bond acceptors (Lipinski definition) is 4. The molecule has 1 aliphatic heterocycles. The fourth-order valence-electron chi connectivity index (χ4n) is 4.26. The molecule has 7 nitrogen and oxygen atoms in total. The number of likely N-dealkylation sites (tertiary alicyclic amines) is 1. The lowest BCUT2D eigenvalue weighted by atomic mass is 10.1. The number of rotatable bonds is 7. The van der Waals surface area contributed by atoms with Gasteiger partial charge in [-0.2, -0.15) is 0 Å². The number of aryl methyl sites for hydroxylation is 1. The predicted octanol–water partition coefficient (Wildman–Crippen LogP) is 2.76. The second-order valence-corrected chi connectivity index (χ2v) is 7.53. The molecule has 1 amide bonds. The Kier molecular flexibility index (Phi) is 5.85. The molecule has 0 radical (unpaired) electrons. The number of furan rings is 1. The second-order valence-electron chi connectivity index (χ2n) is 7.53. The zero-order chi connectivity index (χ0) is 20.2. The van der Waals surface area contributed by atoms with Crippen LogP contribution in [0.3, 0.4) is 0 Å². The number of hydrogen-bond donors (Lipinski definition) is 1. The molecule has 29 heavy (non-hydrogen) atoms. The van der Waals surface area contributed by atoms with E-state index in [0.717, 1.165) is 42.7 Å². The van der Waals surface area contributed by atoms with Gasteiger partial charge in [-0.15, -0.1) is 0 Å². The minimum atomic E-state index is -0.167. The Morgan fingerprint density at radius 1 is 1.07 bits per heavy atom. The highest BCUT2D eigenvalue weighted by molar-refractivity contribution is 5.81. The molecule has 1 unspecified atom stereocenters. The van der Waals surface area contributed by atoms with Gasteiger partial charge in [0.05, 0.1) is 23.3 Å². The van der Waals surface area contributed by atoms with Gasteiger partial charge in [0.2, 0.25) is 5.91 Å². The average molecular weight is 396 g/mol. The summed E-state index contributed by atoms with van der Waals surface area (Å²) in [5.74, 6) is 0.701. The molecule has 1 aromatic carbocycles. The third kappa shape index (κ3) is 4.00. The minimum Gasteiger partial charge on any atom is -0.468 e. The highest BCUT2D eigenvalue weighted by Crippen LogP contribution is 2.24. The fraction of sp³-hybridized carbons (Fsp3) is 0.455. The zero-order valence-electron chi connectivity index (χ0n) is 16.8. The van der Waals surface area contributed by atoms with Crippen LogP contribution >= 0.6 is 0 Å². The van der Waals surface area contributed by atoms with E-state index in [9.17, 15) is 9.59 Å². The van der Waals surface area contributed by atoms with Crippen molar-refractivity contribution in [2.45, 2.75) is 45.3 Å². The minimum absolute atomic E-state index is 0.0111. The van der Waals surface area contributed by atoms with Crippen molar-refractivity contribution in [1.29, 1.82) is 0 Å². The first kappa shape index (κ1) is 19.5. The number of imidazole rings is 1. The van der Waals surface area contributed by atoms with E-state index in [0.29, 0.717) is 13.1 Å². The summed E-state index contributed by atoms with van der Waals surface area (Å²) in [6.45, 7) is 4.99. The molecule has 7 heteroatoms. The number of benzene rings is 1. The van der Waals surface area contributed by atoms with E-state index in [4.69, 9.17) is 4.42 Å². The number of para-hydroxylation sites is 2. The third-order valence-corrected chi connectivity index (χ3v) is 5.74. The van der Waals surface area contributed by atoms with E-state index in [1.165, 1.54) is 6.42 Å². The molecule has 154 valence electrons. The Balaban J connectivity index is 1.49. The van der Waals surface area contributed by atoms with Crippen LogP contribution in [-0.2, 0) is 17.9 Å². The van der Waals surface area contributed by atoms with E-state index in [2.05, 4.69) is 10.2 Å². The maximum absolute atomic E-state index is 12.7. The lowest BCUT2D eigenvalue weighted by Crippen LogP contribution is -2.42. The summed E-state index contributed by atoms with van der Waals surface area (Å²) >= 11 is 0. The lowest BCUT2D eigenvalue weighted by molar-refractivity contribution is -0.122. The van der Waals surface area contributed by atoms with Gasteiger partial charge >= 0.3 is 5.69 Å². The molecule has 1 aliphatic rings. The van der Waals surface area contributed by atoms with Crippen molar-refractivity contribution in [3.8, 4) is 0 Å². The van der Waals surface area contributed by atoms with Gasteiger partial charge < -0.3 is 9.73 Å². The summed E-state index contributed by atoms with van der Waals surface area (Å²) in [7, 11) is 0. The fourth-order valence-corrected chi connectivity index (χ4v) is 4.26. The van der Waals surface area contributed by atoms with Gasteiger partial charge in [0.25, 0.3) is 0 Å². The first-order chi connectivity index (χ1) is 14.2. The largest absolute Gasteiger partial charge is 0.468 e. The van der Waals surface area contributed by atoms with E-state index in [1.54, 1.807) is 15.4 Å². The van der Waals surface area contributed by atoms with Gasteiger partial charge in [-0.1, -0.05) is 18.6 Å². The van der Waals surface area contributed by atoms with E-state index in [-0.39, 0.29) is 24.2 Å². The van der Waals surface area contributed by atoms with E-state index >= 15 is 0 Å². The summed E-state index contributed by atoms with van der Waals surface area (Å²) in [6, 6.07) is 11.5. The normalized spacial score (nSPS) is 16.2. The zero-order valence-corrected chi connectivity index (χ0v) is 16.8. The first-order valence-corrected chi connectivity index (χ1v) is 10.4. The van der Waals surface area contributed by atoms with Crippen molar-refractivity contribution in [1.82, 2.24) is 19.4 Å². The van der Waals surface area contributed by atoms with Gasteiger partial charge in [-0.25, -0.2) is 4.79 Å². The van der Waals surface area contributed by atoms with Crippen molar-refractivity contribution in [3.05, 3.63) is 58.9 Å². The Labute approximate surface area is 169 Å². The molecule has 0 aliphatic carbocycles. The number of aromatic nitrogens is 2. The summed E-state index contributed by atoms with van der Waals surface area (Å²) in [5, 5.41) is 3.03. The molecule has 0 bridgehead atoms. The number of carbonyl (C=O) groups excluding carboxylic acids is 1. The average Bonchev–Trinajstić information content (AvgIpc) is 3.36. The molecule has 0 saturated carbocycles. The van der Waals surface area contributed by atoms with Gasteiger partial charge in [0.15, 0.2) is 0 Å². The number of amides is 1. The standard InChI is InChI=1S/C22H28N4O3/c1-2-25-17-9-4-5-10-18(17)26(22(25)28)16-21(27)23-15-19(20-11-8-14-29-20)24-12-6-3-7-13-24/h4-5,8-11,14,19H,2-3,6-7,12-13,15-16H2,1H3,(H,23,27). The Morgan fingerprint density at radius 2 is 1.79 bits per heavy atom. The topological polar surface area (TPSA) is 72.4 Å². The van der Waals surface area contributed by atoms with Crippen molar-refractivity contribution in [2.24, 2.45) is 0 Å². The van der Waals surface area contributed by atoms with Crippen LogP contribution in [0.2, 0.25) is 0 Å². The summed E-state index contributed by atoms with van der Waals surface area (Å²) in [6.07, 6.45) is 5.25. The van der Waals surface area contributed by atoms with Crippen LogP contribution in [0.1, 0.15) is 38.0 Å². The van der Waals surface area contributed by atoms with E-state index in [1.807, 2.05) is 43.3 Å². The number of nitrogens with one attached hydrogen (secondary N) is 1. The lowest BCUT2D eigenvalue weighted by Gasteiger charge is -2.33. The summed E-state index contributed by atoms with van der Waals surface area (Å²) in [5.41, 5.74) is 1.49. The van der Waals surface area contributed by atoms with Gasteiger partial charge in [0.1, 0.15) is 12.3 Å². The maximum atomic E-state index is 12.7. The predicted molar refractivity (Wildman–Crippen MR) is 112 cm³/mol. The quantitative estimate of drug-likeness (QED) is 0.667. The SMILES string of the molecule is CCn1c(=O)n(CC(=O)NCC(c2ccco2)N2CCCCC2)c2ccccc21. The first-order valence-electron chi connectivity index (χ1n) is 10.4. The molecule has 1 fully saturated rings. The molecule has 1 saturated heterocycles. The number of nitrogens with zero attached hydrogens (tertiary/aromatic N) is 3. The van der Waals surface area contributed by atoms with Crippen molar-refractivity contribution >= 4 is 16.9 Å². The monoisotopic (exact) mass is 396 g/mol. The molecule has 3 aromatic rings. The van der Waals surface area contributed by atoms with Crippen molar-refractivity contribution in [2.75, 3.05) is 19.6 Å².